The summed E-state index contributed by atoms with van der Waals surface area (Å²) in [4.78, 5) is 48.6. The smallest absolute Gasteiger partial charge is 0.408 e. The summed E-state index contributed by atoms with van der Waals surface area (Å²) in [5.41, 5.74) is 0.0827. The lowest BCUT2D eigenvalue weighted by Crippen LogP contribution is -2.53. The predicted molar refractivity (Wildman–Crippen MR) is 113 cm³/mol. The van der Waals surface area contributed by atoms with Crippen molar-refractivity contribution >= 4 is 23.9 Å². The largest absolute Gasteiger partial charge is 0.469 e. The number of ether oxygens (including phenoxy) is 3. The van der Waals surface area contributed by atoms with Gasteiger partial charge < -0.3 is 24.8 Å². The number of nitrogens with one attached hydrogen (secondary N) is 2. The van der Waals surface area contributed by atoms with E-state index in [1.165, 1.54) is 14.2 Å². The third kappa shape index (κ3) is 10.5. The van der Waals surface area contributed by atoms with Crippen molar-refractivity contribution in [1.82, 2.24) is 10.6 Å². The van der Waals surface area contributed by atoms with Crippen LogP contribution in [0.15, 0.2) is 30.3 Å². The number of hydrogen-bond acceptors (Lipinski definition) is 7. The van der Waals surface area contributed by atoms with Gasteiger partial charge in [-0.2, -0.15) is 0 Å². The Morgan fingerprint density at radius 3 is 2.13 bits per heavy atom. The van der Waals surface area contributed by atoms with Crippen LogP contribution in [0.3, 0.4) is 0 Å². The number of carbonyl (C=O) groups is 4. The minimum absolute atomic E-state index is 0.101. The van der Waals surface area contributed by atoms with Crippen molar-refractivity contribution in [1.29, 1.82) is 0 Å². The van der Waals surface area contributed by atoms with Gasteiger partial charge >= 0.3 is 18.0 Å². The lowest BCUT2D eigenvalue weighted by atomic mass is 10.0. The van der Waals surface area contributed by atoms with Crippen molar-refractivity contribution in [3.05, 3.63) is 35.9 Å². The number of benzene rings is 1. The molecule has 0 aliphatic carbocycles. The summed E-state index contributed by atoms with van der Waals surface area (Å²) in [6, 6.07) is 7.18. The van der Waals surface area contributed by atoms with E-state index in [0.717, 1.165) is 5.56 Å². The molecule has 172 valence electrons. The van der Waals surface area contributed by atoms with Crippen LogP contribution < -0.4 is 10.6 Å². The zero-order valence-corrected chi connectivity index (χ0v) is 18.7. The maximum Gasteiger partial charge on any atom is 0.408 e. The Morgan fingerprint density at radius 1 is 0.935 bits per heavy atom. The second-order valence-corrected chi connectivity index (χ2v) is 7.94. The Labute approximate surface area is 182 Å². The number of rotatable bonds is 10. The van der Waals surface area contributed by atoms with Crippen molar-refractivity contribution in [3.63, 3.8) is 0 Å². The Bertz CT molecular complexity index is 744. The average molecular weight is 437 g/mol. The molecule has 0 heterocycles. The van der Waals surface area contributed by atoms with Crippen molar-refractivity contribution in [3.8, 4) is 0 Å². The Hall–Kier alpha value is -3.10. The highest BCUT2D eigenvalue weighted by molar-refractivity contribution is 5.90. The number of hydrogen-bond donors (Lipinski definition) is 2. The van der Waals surface area contributed by atoms with E-state index in [0.29, 0.717) is 6.42 Å². The third-order valence-electron chi connectivity index (χ3n) is 4.19. The van der Waals surface area contributed by atoms with Crippen LogP contribution in [0.4, 0.5) is 4.79 Å². The van der Waals surface area contributed by atoms with Gasteiger partial charge in [0.1, 0.15) is 17.7 Å². The quantitative estimate of drug-likeness (QED) is 0.426. The van der Waals surface area contributed by atoms with Crippen molar-refractivity contribution in [2.45, 2.75) is 64.1 Å². The Balaban J connectivity index is 2.91. The molecule has 31 heavy (non-hydrogen) atoms. The van der Waals surface area contributed by atoms with Crippen LogP contribution in [0, 0.1) is 0 Å². The second kappa shape index (κ2) is 12.6. The third-order valence-corrected chi connectivity index (χ3v) is 4.19. The van der Waals surface area contributed by atoms with E-state index in [1.807, 2.05) is 30.3 Å². The van der Waals surface area contributed by atoms with E-state index in [4.69, 9.17) is 9.47 Å². The van der Waals surface area contributed by atoms with E-state index in [2.05, 4.69) is 15.4 Å². The summed E-state index contributed by atoms with van der Waals surface area (Å²) in [7, 11) is 2.49. The molecular formula is C22H32N2O7. The molecule has 0 fully saturated rings. The average Bonchev–Trinajstić information content (AvgIpc) is 2.71. The molecule has 0 unspecified atom stereocenters. The molecule has 1 aromatic rings. The minimum atomic E-state index is -0.981. The van der Waals surface area contributed by atoms with Gasteiger partial charge in [-0.25, -0.2) is 9.59 Å². The van der Waals surface area contributed by atoms with Crippen LogP contribution in [0.5, 0.6) is 0 Å². The molecule has 2 atom stereocenters. The van der Waals surface area contributed by atoms with E-state index in [-0.39, 0.29) is 19.3 Å². The molecule has 0 spiro atoms. The zero-order valence-electron chi connectivity index (χ0n) is 18.7. The first-order valence-electron chi connectivity index (χ1n) is 10.0. The lowest BCUT2D eigenvalue weighted by molar-refractivity contribution is -0.146. The van der Waals surface area contributed by atoms with E-state index < -0.39 is 41.6 Å². The molecular weight excluding hydrogens is 404 g/mol. The van der Waals surface area contributed by atoms with Gasteiger partial charge in [0, 0.05) is 12.8 Å². The van der Waals surface area contributed by atoms with Crippen LogP contribution in [0.2, 0.25) is 0 Å². The normalized spacial score (nSPS) is 12.8. The van der Waals surface area contributed by atoms with Crippen LogP contribution in [0.1, 0.15) is 45.6 Å². The first-order chi connectivity index (χ1) is 14.6. The first-order valence-corrected chi connectivity index (χ1v) is 10.0. The molecule has 0 saturated heterocycles. The van der Waals surface area contributed by atoms with E-state index in [9.17, 15) is 19.2 Å². The maximum absolute atomic E-state index is 13.0. The van der Waals surface area contributed by atoms with Gasteiger partial charge in [0.2, 0.25) is 5.91 Å². The first kappa shape index (κ1) is 25.9. The number of esters is 2. The highest BCUT2D eigenvalue weighted by Gasteiger charge is 2.29. The van der Waals surface area contributed by atoms with E-state index in [1.54, 1.807) is 20.8 Å². The highest BCUT2D eigenvalue weighted by Crippen LogP contribution is 2.10. The lowest BCUT2D eigenvalue weighted by Gasteiger charge is -2.25. The van der Waals surface area contributed by atoms with Crippen LogP contribution >= 0.6 is 0 Å². The van der Waals surface area contributed by atoms with Gasteiger partial charge in [0.15, 0.2) is 0 Å². The molecule has 0 saturated carbocycles. The van der Waals surface area contributed by atoms with Gasteiger partial charge in [-0.05, 0) is 39.2 Å². The summed E-state index contributed by atoms with van der Waals surface area (Å²) in [5.74, 6) is -1.62. The van der Waals surface area contributed by atoms with Gasteiger partial charge in [-0.15, -0.1) is 0 Å². The highest BCUT2D eigenvalue weighted by atomic mass is 16.6. The molecule has 0 bridgehead atoms. The summed E-state index contributed by atoms with van der Waals surface area (Å²) in [6.07, 6.45) is 0.0443. The van der Waals surface area contributed by atoms with Crippen LogP contribution in [0.25, 0.3) is 0 Å². The monoisotopic (exact) mass is 436 g/mol. The SMILES string of the molecule is COC(=O)CCC[C@H](NC(=O)[C@@H](Cc1ccccc1)NC(=O)OC(C)(C)C)C(=O)OC. The summed E-state index contributed by atoms with van der Waals surface area (Å²) in [5, 5.41) is 5.18. The summed E-state index contributed by atoms with van der Waals surface area (Å²) >= 11 is 0. The van der Waals surface area contributed by atoms with Crippen LogP contribution in [-0.2, 0) is 35.0 Å². The number of amides is 2. The number of alkyl carbamates (subject to hydrolysis) is 1. The standard InChI is InChI=1S/C22H32N2O7/c1-22(2,3)31-21(28)24-17(14-15-10-7-6-8-11-15)19(26)23-16(20(27)30-5)12-9-13-18(25)29-4/h6-8,10-11,16-17H,9,12-14H2,1-5H3,(H,23,26)(H,24,28)/t16-,17+/m0/s1. The molecule has 2 N–H and O–H groups in total. The van der Waals surface area contributed by atoms with Crippen molar-refractivity contribution in [2.24, 2.45) is 0 Å². The van der Waals surface area contributed by atoms with E-state index >= 15 is 0 Å². The van der Waals surface area contributed by atoms with Crippen LogP contribution in [-0.4, -0.2) is 55.8 Å². The second-order valence-electron chi connectivity index (χ2n) is 7.94. The number of methoxy groups -OCH3 is 2. The summed E-state index contributed by atoms with van der Waals surface area (Å²) < 4.78 is 14.6. The fraction of sp³-hybridized carbons (Fsp3) is 0.545. The maximum atomic E-state index is 13.0. The fourth-order valence-corrected chi connectivity index (χ4v) is 2.72. The fourth-order valence-electron chi connectivity index (χ4n) is 2.72. The molecule has 0 aliphatic heterocycles. The molecule has 1 aromatic carbocycles. The van der Waals surface area contributed by atoms with Gasteiger partial charge in [0.05, 0.1) is 14.2 Å². The Morgan fingerprint density at radius 2 is 1.58 bits per heavy atom. The van der Waals surface area contributed by atoms with Gasteiger partial charge in [-0.1, -0.05) is 30.3 Å². The van der Waals surface area contributed by atoms with Crippen molar-refractivity contribution < 1.29 is 33.4 Å². The molecule has 0 aromatic heterocycles. The topological polar surface area (TPSA) is 120 Å². The zero-order chi connectivity index (χ0) is 23.4. The molecule has 1 rings (SSSR count). The molecule has 9 nitrogen and oxygen atoms in total. The van der Waals surface area contributed by atoms with Gasteiger partial charge in [0.25, 0.3) is 0 Å². The molecule has 2 amide bonds. The number of carbonyl (C=O) groups excluding carboxylic acids is 4. The Kier molecular flexibility index (Phi) is 10.5. The van der Waals surface area contributed by atoms with Crippen molar-refractivity contribution in [2.75, 3.05) is 14.2 Å². The molecule has 0 aliphatic rings. The molecule has 9 heteroatoms. The minimum Gasteiger partial charge on any atom is -0.469 e. The van der Waals surface area contributed by atoms with Gasteiger partial charge in [-0.3, -0.25) is 9.59 Å². The summed E-state index contributed by atoms with van der Waals surface area (Å²) in [6.45, 7) is 5.15. The molecule has 0 radical (unpaired) electrons. The predicted octanol–water partition coefficient (Wildman–Crippen LogP) is 2.12.